The SMILES string of the molecule is Cc1cc(C)n(Cn2ccc(C(=O)Nc3ccccc3)n2)n1. The van der Waals surface area contributed by atoms with E-state index in [0.717, 1.165) is 17.1 Å². The van der Waals surface area contributed by atoms with Crippen LogP contribution in [0, 0.1) is 13.8 Å². The van der Waals surface area contributed by atoms with Gasteiger partial charge in [0.1, 0.15) is 6.67 Å². The first-order valence-electron chi connectivity index (χ1n) is 7.03. The van der Waals surface area contributed by atoms with Gasteiger partial charge < -0.3 is 5.32 Å². The number of benzene rings is 1. The van der Waals surface area contributed by atoms with Gasteiger partial charge in [0.15, 0.2) is 5.69 Å². The first-order chi connectivity index (χ1) is 10.6. The van der Waals surface area contributed by atoms with E-state index in [9.17, 15) is 4.79 Å². The third kappa shape index (κ3) is 3.06. The highest BCUT2D eigenvalue weighted by atomic mass is 16.1. The molecule has 0 spiro atoms. The average Bonchev–Trinajstić information content (AvgIpc) is 3.07. The average molecular weight is 295 g/mol. The molecule has 0 bridgehead atoms. The van der Waals surface area contributed by atoms with Crippen LogP contribution in [0.4, 0.5) is 5.69 Å². The molecule has 1 N–H and O–H groups in total. The molecule has 0 saturated carbocycles. The number of anilines is 1. The van der Waals surface area contributed by atoms with Crippen LogP contribution in [-0.4, -0.2) is 25.5 Å². The first kappa shape index (κ1) is 14.1. The maximum atomic E-state index is 12.1. The summed E-state index contributed by atoms with van der Waals surface area (Å²) in [5, 5.41) is 11.5. The van der Waals surface area contributed by atoms with Crippen molar-refractivity contribution in [3.8, 4) is 0 Å². The normalized spacial score (nSPS) is 10.6. The zero-order valence-electron chi connectivity index (χ0n) is 12.5. The van der Waals surface area contributed by atoms with Crippen molar-refractivity contribution in [2.75, 3.05) is 5.32 Å². The minimum Gasteiger partial charge on any atom is -0.321 e. The van der Waals surface area contributed by atoms with Crippen molar-refractivity contribution in [3.63, 3.8) is 0 Å². The molecule has 0 aliphatic heterocycles. The van der Waals surface area contributed by atoms with Gasteiger partial charge in [-0.05, 0) is 38.1 Å². The van der Waals surface area contributed by atoms with Gasteiger partial charge in [-0.25, -0.2) is 4.68 Å². The van der Waals surface area contributed by atoms with Crippen molar-refractivity contribution in [2.24, 2.45) is 0 Å². The molecule has 2 aromatic heterocycles. The van der Waals surface area contributed by atoms with Crippen molar-refractivity contribution >= 4 is 11.6 Å². The Morgan fingerprint density at radius 1 is 1.14 bits per heavy atom. The number of aryl methyl sites for hydroxylation is 2. The molecule has 0 unspecified atom stereocenters. The van der Waals surface area contributed by atoms with E-state index < -0.39 is 0 Å². The fraction of sp³-hybridized carbons (Fsp3) is 0.188. The zero-order valence-corrected chi connectivity index (χ0v) is 12.5. The Morgan fingerprint density at radius 2 is 1.91 bits per heavy atom. The number of carbonyl (C=O) groups is 1. The maximum absolute atomic E-state index is 12.1. The highest BCUT2D eigenvalue weighted by molar-refractivity contribution is 6.02. The lowest BCUT2D eigenvalue weighted by Crippen LogP contribution is -2.15. The van der Waals surface area contributed by atoms with E-state index in [-0.39, 0.29) is 5.91 Å². The van der Waals surface area contributed by atoms with Crippen LogP contribution in [0.5, 0.6) is 0 Å². The molecule has 112 valence electrons. The zero-order chi connectivity index (χ0) is 15.5. The van der Waals surface area contributed by atoms with Crippen molar-refractivity contribution in [1.29, 1.82) is 0 Å². The van der Waals surface area contributed by atoms with Crippen LogP contribution in [0.3, 0.4) is 0 Å². The molecule has 6 nitrogen and oxygen atoms in total. The summed E-state index contributed by atoms with van der Waals surface area (Å²) in [5.74, 6) is -0.224. The quantitative estimate of drug-likeness (QED) is 0.804. The molecular formula is C16H17N5O. The van der Waals surface area contributed by atoms with Crippen molar-refractivity contribution in [1.82, 2.24) is 19.6 Å². The van der Waals surface area contributed by atoms with Gasteiger partial charge in [0, 0.05) is 17.6 Å². The van der Waals surface area contributed by atoms with Gasteiger partial charge in [-0.3, -0.25) is 9.48 Å². The maximum Gasteiger partial charge on any atom is 0.276 e. The Bertz CT molecular complexity index is 788. The molecule has 22 heavy (non-hydrogen) atoms. The Morgan fingerprint density at radius 3 is 2.59 bits per heavy atom. The topological polar surface area (TPSA) is 64.7 Å². The number of aromatic nitrogens is 4. The van der Waals surface area contributed by atoms with Gasteiger partial charge >= 0.3 is 0 Å². The van der Waals surface area contributed by atoms with Crippen LogP contribution in [0.25, 0.3) is 0 Å². The summed E-state index contributed by atoms with van der Waals surface area (Å²) in [4.78, 5) is 12.1. The van der Waals surface area contributed by atoms with Gasteiger partial charge in [0.2, 0.25) is 0 Å². The smallest absolute Gasteiger partial charge is 0.276 e. The minimum absolute atomic E-state index is 0.224. The minimum atomic E-state index is -0.224. The van der Waals surface area contributed by atoms with Crippen LogP contribution in [-0.2, 0) is 6.67 Å². The fourth-order valence-corrected chi connectivity index (χ4v) is 2.23. The number of carbonyl (C=O) groups excluding carboxylic acids is 1. The number of nitrogens with one attached hydrogen (secondary N) is 1. The molecule has 0 aliphatic rings. The Hall–Kier alpha value is -2.89. The molecule has 1 aromatic carbocycles. The van der Waals surface area contributed by atoms with E-state index >= 15 is 0 Å². The fourth-order valence-electron chi connectivity index (χ4n) is 2.23. The first-order valence-corrected chi connectivity index (χ1v) is 7.03. The van der Waals surface area contributed by atoms with Crippen LogP contribution in [0.15, 0.2) is 48.7 Å². The number of hydrogen-bond donors (Lipinski definition) is 1. The van der Waals surface area contributed by atoms with Crippen LogP contribution in [0.1, 0.15) is 21.9 Å². The molecule has 6 heteroatoms. The second-order valence-corrected chi connectivity index (χ2v) is 5.13. The third-order valence-electron chi connectivity index (χ3n) is 3.29. The molecule has 2 heterocycles. The van der Waals surface area contributed by atoms with Crippen LogP contribution < -0.4 is 5.32 Å². The molecule has 0 radical (unpaired) electrons. The number of nitrogens with zero attached hydrogens (tertiary/aromatic N) is 4. The summed E-state index contributed by atoms with van der Waals surface area (Å²) in [6, 6.07) is 13.0. The van der Waals surface area contributed by atoms with Crippen molar-refractivity contribution < 1.29 is 4.79 Å². The summed E-state index contributed by atoms with van der Waals surface area (Å²) in [5.41, 5.74) is 3.15. The Kier molecular flexibility index (Phi) is 3.74. The van der Waals surface area contributed by atoms with E-state index in [1.165, 1.54) is 0 Å². The lowest BCUT2D eigenvalue weighted by Gasteiger charge is -2.05. The Balaban J connectivity index is 1.71. The lowest BCUT2D eigenvalue weighted by atomic mass is 10.3. The lowest BCUT2D eigenvalue weighted by molar-refractivity contribution is 0.102. The number of amides is 1. The predicted octanol–water partition coefficient (Wildman–Crippen LogP) is 2.45. The summed E-state index contributed by atoms with van der Waals surface area (Å²) >= 11 is 0. The summed E-state index contributed by atoms with van der Waals surface area (Å²) in [7, 11) is 0. The summed E-state index contributed by atoms with van der Waals surface area (Å²) in [6.45, 7) is 4.43. The van der Waals surface area contributed by atoms with Crippen LogP contribution >= 0.6 is 0 Å². The third-order valence-corrected chi connectivity index (χ3v) is 3.29. The van der Waals surface area contributed by atoms with Gasteiger partial charge in [-0.15, -0.1) is 0 Å². The molecule has 1 amide bonds. The standard InChI is InChI=1S/C16H17N5O/c1-12-10-13(2)21(18-12)11-20-9-8-15(19-20)16(22)17-14-6-4-3-5-7-14/h3-10H,11H2,1-2H3,(H,17,22). The Labute approximate surface area is 128 Å². The molecule has 3 aromatic rings. The molecular weight excluding hydrogens is 278 g/mol. The second kappa shape index (κ2) is 5.85. The van der Waals surface area contributed by atoms with Crippen LogP contribution in [0.2, 0.25) is 0 Å². The van der Waals surface area contributed by atoms with E-state index in [4.69, 9.17) is 0 Å². The number of hydrogen-bond acceptors (Lipinski definition) is 3. The largest absolute Gasteiger partial charge is 0.321 e. The van der Waals surface area contributed by atoms with E-state index in [0.29, 0.717) is 12.4 Å². The van der Waals surface area contributed by atoms with E-state index in [1.807, 2.05) is 54.9 Å². The number of para-hydroxylation sites is 1. The van der Waals surface area contributed by atoms with E-state index in [2.05, 4.69) is 15.5 Å². The molecule has 0 fully saturated rings. The van der Waals surface area contributed by atoms with Crippen molar-refractivity contribution in [3.05, 3.63) is 65.7 Å². The molecule has 0 saturated heterocycles. The van der Waals surface area contributed by atoms with Gasteiger partial charge in [-0.1, -0.05) is 18.2 Å². The molecule has 0 aliphatic carbocycles. The van der Waals surface area contributed by atoms with Gasteiger partial charge in [0.25, 0.3) is 5.91 Å². The monoisotopic (exact) mass is 295 g/mol. The molecule has 3 rings (SSSR count). The van der Waals surface area contributed by atoms with Crippen molar-refractivity contribution in [2.45, 2.75) is 20.5 Å². The van der Waals surface area contributed by atoms with Gasteiger partial charge in [0.05, 0.1) is 5.69 Å². The second-order valence-electron chi connectivity index (χ2n) is 5.13. The van der Waals surface area contributed by atoms with E-state index in [1.54, 1.807) is 16.9 Å². The highest BCUT2D eigenvalue weighted by Crippen LogP contribution is 2.08. The highest BCUT2D eigenvalue weighted by Gasteiger charge is 2.10. The predicted molar refractivity (Wildman–Crippen MR) is 83.7 cm³/mol. The summed E-state index contributed by atoms with van der Waals surface area (Å²) in [6.07, 6.45) is 1.77. The summed E-state index contributed by atoms with van der Waals surface area (Å²) < 4.78 is 3.54. The number of rotatable bonds is 4. The van der Waals surface area contributed by atoms with Gasteiger partial charge in [-0.2, -0.15) is 10.2 Å². The molecule has 0 atom stereocenters.